The second-order valence-corrected chi connectivity index (χ2v) is 4.14. The van der Waals surface area contributed by atoms with Gasteiger partial charge in [-0.3, -0.25) is 4.79 Å². The predicted octanol–water partition coefficient (Wildman–Crippen LogP) is 2.04. The SMILES string of the molecule is O=C(CCl)c1cc2[nH]c(=O)[nH]c2cc1Br. The Morgan fingerprint density at radius 1 is 1.33 bits per heavy atom. The summed E-state index contributed by atoms with van der Waals surface area (Å²) >= 11 is 8.72. The third-order valence-electron chi connectivity index (χ3n) is 2.03. The molecule has 15 heavy (non-hydrogen) atoms. The van der Waals surface area contributed by atoms with Gasteiger partial charge in [0.2, 0.25) is 0 Å². The normalized spacial score (nSPS) is 10.8. The Morgan fingerprint density at radius 2 is 1.93 bits per heavy atom. The fraction of sp³-hybridized carbons (Fsp3) is 0.111. The van der Waals surface area contributed by atoms with Crippen LogP contribution in [0, 0.1) is 0 Å². The van der Waals surface area contributed by atoms with Gasteiger partial charge in [0.05, 0.1) is 16.9 Å². The maximum Gasteiger partial charge on any atom is 0.323 e. The maximum absolute atomic E-state index is 11.4. The summed E-state index contributed by atoms with van der Waals surface area (Å²) in [5, 5.41) is 0. The first-order valence-electron chi connectivity index (χ1n) is 4.12. The van der Waals surface area contributed by atoms with E-state index in [1.54, 1.807) is 12.1 Å². The summed E-state index contributed by atoms with van der Waals surface area (Å²) in [5.41, 5.74) is 1.41. The number of hydrogen-bond donors (Lipinski definition) is 2. The Bertz CT molecular complexity index is 587. The molecule has 0 saturated carbocycles. The van der Waals surface area contributed by atoms with Crippen LogP contribution < -0.4 is 5.69 Å². The van der Waals surface area contributed by atoms with Gasteiger partial charge < -0.3 is 9.97 Å². The molecule has 2 rings (SSSR count). The van der Waals surface area contributed by atoms with Crippen LogP contribution in [0.2, 0.25) is 0 Å². The summed E-state index contributed by atoms with van der Waals surface area (Å²) in [6, 6.07) is 3.27. The molecule has 4 nitrogen and oxygen atoms in total. The molecule has 0 saturated heterocycles. The molecule has 0 aliphatic rings. The first-order chi connectivity index (χ1) is 7.11. The van der Waals surface area contributed by atoms with E-state index in [1.165, 1.54) is 0 Å². The smallest absolute Gasteiger partial charge is 0.306 e. The third kappa shape index (κ3) is 1.85. The molecule has 0 aliphatic heterocycles. The average molecular weight is 290 g/mol. The first kappa shape index (κ1) is 10.4. The second kappa shape index (κ2) is 3.83. The molecule has 1 aromatic heterocycles. The molecule has 0 aliphatic carbocycles. The first-order valence-corrected chi connectivity index (χ1v) is 5.45. The molecular formula is C9H6BrClN2O2. The zero-order valence-electron chi connectivity index (χ0n) is 7.43. The Morgan fingerprint density at radius 3 is 2.53 bits per heavy atom. The van der Waals surface area contributed by atoms with E-state index < -0.39 is 0 Å². The number of hydrogen-bond acceptors (Lipinski definition) is 2. The topological polar surface area (TPSA) is 65.7 Å². The van der Waals surface area contributed by atoms with E-state index in [1.807, 2.05) is 0 Å². The zero-order chi connectivity index (χ0) is 11.0. The van der Waals surface area contributed by atoms with Gasteiger partial charge in [0, 0.05) is 10.0 Å². The van der Waals surface area contributed by atoms with Gasteiger partial charge in [0.15, 0.2) is 5.78 Å². The number of halogens is 2. The quantitative estimate of drug-likeness (QED) is 0.656. The molecule has 2 aromatic rings. The highest BCUT2D eigenvalue weighted by molar-refractivity contribution is 9.10. The van der Waals surface area contributed by atoms with Crippen molar-refractivity contribution < 1.29 is 4.79 Å². The highest BCUT2D eigenvalue weighted by Gasteiger charge is 2.11. The van der Waals surface area contributed by atoms with Gasteiger partial charge in [-0.25, -0.2) is 4.79 Å². The Balaban J connectivity index is 2.71. The average Bonchev–Trinajstić information content (AvgIpc) is 2.55. The van der Waals surface area contributed by atoms with Crippen LogP contribution in [0.3, 0.4) is 0 Å². The number of carbonyl (C=O) groups is 1. The third-order valence-corrected chi connectivity index (χ3v) is 2.92. The number of carbonyl (C=O) groups excluding carboxylic acids is 1. The number of H-pyrrole nitrogens is 2. The van der Waals surface area contributed by atoms with Crippen LogP contribution >= 0.6 is 27.5 Å². The molecule has 0 amide bonds. The number of ketones is 1. The molecule has 1 aromatic carbocycles. The Labute approximate surface area is 97.8 Å². The molecule has 0 atom stereocenters. The van der Waals surface area contributed by atoms with Gasteiger partial charge in [0.25, 0.3) is 0 Å². The largest absolute Gasteiger partial charge is 0.323 e. The van der Waals surface area contributed by atoms with Gasteiger partial charge in [-0.2, -0.15) is 0 Å². The monoisotopic (exact) mass is 288 g/mol. The van der Waals surface area contributed by atoms with Crippen molar-refractivity contribution in [3.63, 3.8) is 0 Å². The number of imidazole rings is 1. The summed E-state index contributed by atoms with van der Waals surface area (Å²) in [7, 11) is 0. The van der Waals surface area contributed by atoms with Crippen molar-refractivity contribution in [2.75, 3.05) is 5.88 Å². The lowest BCUT2D eigenvalue weighted by atomic mass is 10.1. The van der Waals surface area contributed by atoms with Gasteiger partial charge >= 0.3 is 5.69 Å². The van der Waals surface area contributed by atoms with E-state index in [2.05, 4.69) is 25.9 Å². The Kier molecular flexibility index (Phi) is 2.67. The maximum atomic E-state index is 11.4. The van der Waals surface area contributed by atoms with Crippen LogP contribution in [-0.4, -0.2) is 21.6 Å². The summed E-state index contributed by atoms with van der Waals surface area (Å²) in [4.78, 5) is 27.6. The molecule has 1 heterocycles. The fourth-order valence-corrected chi connectivity index (χ4v) is 2.05. The molecular weight excluding hydrogens is 283 g/mol. The van der Waals surface area contributed by atoms with Crippen LogP contribution in [-0.2, 0) is 0 Å². The molecule has 0 radical (unpaired) electrons. The van der Waals surface area contributed by atoms with E-state index in [-0.39, 0.29) is 17.4 Å². The number of Topliss-reactive ketones (excluding diaryl/α,β-unsaturated/α-hetero) is 1. The van der Waals surface area contributed by atoms with Crippen molar-refractivity contribution in [1.29, 1.82) is 0 Å². The van der Waals surface area contributed by atoms with E-state index in [0.717, 1.165) is 0 Å². The lowest BCUT2D eigenvalue weighted by Gasteiger charge is -2.00. The fourth-order valence-electron chi connectivity index (χ4n) is 1.34. The minimum absolute atomic E-state index is 0.0846. The van der Waals surface area contributed by atoms with Crippen molar-refractivity contribution in [2.45, 2.75) is 0 Å². The number of aromatic amines is 2. The van der Waals surface area contributed by atoms with Gasteiger partial charge in [-0.1, -0.05) is 0 Å². The van der Waals surface area contributed by atoms with Crippen LogP contribution in [0.1, 0.15) is 10.4 Å². The zero-order valence-corrected chi connectivity index (χ0v) is 9.78. The Hall–Kier alpha value is -1.07. The van der Waals surface area contributed by atoms with E-state index in [9.17, 15) is 9.59 Å². The van der Waals surface area contributed by atoms with Crippen LogP contribution in [0.15, 0.2) is 21.4 Å². The van der Waals surface area contributed by atoms with Crippen LogP contribution in [0.5, 0.6) is 0 Å². The van der Waals surface area contributed by atoms with E-state index in [4.69, 9.17) is 11.6 Å². The molecule has 0 fully saturated rings. The number of nitrogens with one attached hydrogen (secondary N) is 2. The second-order valence-electron chi connectivity index (χ2n) is 3.01. The number of aromatic nitrogens is 2. The number of fused-ring (bicyclic) bond motifs is 1. The van der Waals surface area contributed by atoms with Crippen molar-refractivity contribution in [3.05, 3.63) is 32.7 Å². The summed E-state index contributed by atoms with van der Waals surface area (Å²) in [5.74, 6) is -0.272. The highest BCUT2D eigenvalue weighted by Crippen LogP contribution is 2.22. The minimum Gasteiger partial charge on any atom is -0.306 e. The summed E-state index contributed by atoms with van der Waals surface area (Å²) < 4.78 is 0.621. The molecule has 78 valence electrons. The lowest BCUT2D eigenvalue weighted by Crippen LogP contribution is -2.01. The van der Waals surface area contributed by atoms with Crippen molar-refractivity contribution in [2.24, 2.45) is 0 Å². The van der Waals surface area contributed by atoms with Crippen molar-refractivity contribution in [3.8, 4) is 0 Å². The summed E-state index contributed by atoms with van der Waals surface area (Å²) in [6.45, 7) is 0. The van der Waals surface area contributed by atoms with Crippen molar-refractivity contribution in [1.82, 2.24) is 9.97 Å². The minimum atomic E-state index is -0.299. The van der Waals surface area contributed by atoms with E-state index >= 15 is 0 Å². The van der Waals surface area contributed by atoms with Crippen LogP contribution in [0.4, 0.5) is 0 Å². The van der Waals surface area contributed by atoms with Gasteiger partial charge in [-0.15, -0.1) is 11.6 Å². The predicted molar refractivity (Wildman–Crippen MR) is 61.7 cm³/mol. The molecule has 0 unspecified atom stereocenters. The molecule has 0 bridgehead atoms. The summed E-state index contributed by atoms with van der Waals surface area (Å²) in [6.07, 6.45) is 0. The van der Waals surface area contributed by atoms with Crippen molar-refractivity contribution >= 4 is 44.3 Å². The molecule has 0 spiro atoms. The standard InChI is InChI=1S/C9H6BrClN2O2/c10-5-2-7-6(12-9(15)13-7)1-4(5)8(14)3-11/h1-2H,3H2,(H2,12,13,15). The number of rotatable bonds is 2. The lowest BCUT2D eigenvalue weighted by molar-refractivity contribution is 0.102. The number of benzene rings is 1. The van der Waals surface area contributed by atoms with Gasteiger partial charge in [-0.05, 0) is 28.1 Å². The highest BCUT2D eigenvalue weighted by atomic mass is 79.9. The molecule has 6 heteroatoms. The van der Waals surface area contributed by atoms with Gasteiger partial charge in [0.1, 0.15) is 0 Å². The van der Waals surface area contributed by atoms with E-state index in [0.29, 0.717) is 21.1 Å². The number of alkyl halides is 1. The molecule has 2 N–H and O–H groups in total. The van der Waals surface area contributed by atoms with Crippen LogP contribution in [0.25, 0.3) is 11.0 Å².